The second kappa shape index (κ2) is 10.1. The molecule has 0 spiro atoms. The summed E-state index contributed by atoms with van der Waals surface area (Å²) in [7, 11) is 4.10. The molecule has 0 aliphatic carbocycles. The van der Waals surface area contributed by atoms with Gasteiger partial charge >= 0.3 is 0 Å². The first-order valence-electron chi connectivity index (χ1n) is 11.0. The number of likely N-dealkylation sites (N-methyl/N-ethyl adjacent to an activating group) is 1. The van der Waals surface area contributed by atoms with E-state index in [1.807, 2.05) is 60.8 Å². The summed E-state index contributed by atoms with van der Waals surface area (Å²) in [6.45, 7) is 3.29. The van der Waals surface area contributed by atoms with E-state index >= 15 is 0 Å². The van der Waals surface area contributed by atoms with Crippen LogP contribution in [0.3, 0.4) is 0 Å². The van der Waals surface area contributed by atoms with Crippen molar-refractivity contribution in [2.24, 2.45) is 0 Å². The van der Waals surface area contributed by atoms with Crippen LogP contribution < -0.4 is 10.9 Å². The zero-order chi connectivity index (χ0) is 23.4. The van der Waals surface area contributed by atoms with Gasteiger partial charge in [0.1, 0.15) is 4.83 Å². The first-order chi connectivity index (χ1) is 15.9. The van der Waals surface area contributed by atoms with Crippen molar-refractivity contribution in [2.75, 3.05) is 26.0 Å². The van der Waals surface area contributed by atoms with E-state index in [1.54, 1.807) is 0 Å². The molecule has 7 heteroatoms. The molecule has 0 aliphatic heterocycles. The van der Waals surface area contributed by atoms with Crippen molar-refractivity contribution in [1.29, 1.82) is 0 Å². The maximum Gasteiger partial charge on any atom is 0.262 e. The molecule has 2 aromatic heterocycles. The second-order valence-corrected chi connectivity index (χ2v) is 9.35. The van der Waals surface area contributed by atoms with Crippen molar-refractivity contribution in [3.63, 3.8) is 0 Å². The summed E-state index contributed by atoms with van der Waals surface area (Å²) in [5, 5.41) is 5.50. The molecule has 2 aromatic carbocycles. The van der Waals surface area contributed by atoms with Crippen LogP contribution in [0.25, 0.3) is 21.3 Å². The number of aryl methyl sites for hydroxylation is 2. The third-order valence-electron chi connectivity index (χ3n) is 5.59. The number of rotatable bonds is 8. The third-order valence-corrected chi connectivity index (χ3v) is 6.47. The number of hydrogen-bond acceptors (Lipinski definition) is 5. The molecule has 1 N–H and O–H groups in total. The van der Waals surface area contributed by atoms with Gasteiger partial charge in [-0.3, -0.25) is 14.2 Å². The van der Waals surface area contributed by atoms with Crippen LogP contribution in [-0.2, 0) is 17.8 Å². The van der Waals surface area contributed by atoms with Gasteiger partial charge in [0, 0.05) is 36.1 Å². The lowest BCUT2D eigenvalue weighted by atomic mass is 10.1. The fourth-order valence-electron chi connectivity index (χ4n) is 3.63. The lowest BCUT2D eigenvalue weighted by Gasteiger charge is -2.10. The minimum absolute atomic E-state index is 0.116. The van der Waals surface area contributed by atoms with Crippen LogP contribution in [0.2, 0.25) is 0 Å². The molecular formula is C26H28N4O2S. The number of thiophene rings is 1. The van der Waals surface area contributed by atoms with E-state index in [-0.39, 0.29) is 24.4 Å². The number of carbonyl (C=O) groups excluding carboxylic acids is 1. The topological polar surface area (TPSA) is 67.2 Å². The first kappa shape index (κ1) is 22.9. The van der Waals surface area contributed by atoms with Crippen LogP contribution >= 0.6 is 11.3 Å². The fourth-order valence-corrected chi connectivity index (χ4v) is 4.53. The Morgan fingerprint density at radius 1 is 1.09 bits per heavy atom. The van der Waals surface area contributed by atoms with Crippen LogP contribution in [0.1, 0.15) is 17.5 Å². The zero-order valence-electron chi connectivity index (χ0n) is 19.2. The standard InChI is InChI=1S/C26H28N4O2S/c1-18-4-8-20(9-5-18)22-16-33-25-24(22)26(32)30(17-27-25)15-13-23(31)28-21-10-6-19(7-11-21)12-14-29(2)3/h4-11,16-17H,12-15H2,1-3H3,(H,28,31). The molecule has 0 saturated heterocycles. The molecule has 0 radical (unpaired) electrons. The summed E-state index contributed by atoms with van der Waals surface area (Å²) in [5.74, 6) is -0.132. The number of amides is 1. The van der Waals surface area contributed by atoms with Crippen molar-refractivity contribution in [3.8, 4) is 11.1 Å². The average molecular weight is 461 g/mol. The molecule has 0 aliphatic rings. The van der Waals surface area contributed by atoms with E-state index in [0.717, 1.165) is 29.8 Å². The van der Waals surface area contributed by atoms with Crippen LogP contribution in [0.4, 0.5) is 5.69 Å². The van der Waals surface area contributed by atoms with Gasteiger partial charge in [0.2, 0.25) is 5.91 Å². The van der Waals surface area contributed by atoms with Gasteiger partial charge in [-0.05, 0) is 50.7 Å². The van der Waals surface area contributed by atoms with E-state index in [4.69, 9.17) is 0 Å². The lowest BCUT2D eigenvalue weighted by molar-refractivity contribution is -0.116. The summed E-state index contributed by atoms with van der Waals surface area (Å²) in [6, 6.07) is 16.0. The lowest BCUT2D eigenvalue weighted by Crippen LogP contribution is -2.23. The zero-order valence-corrected chi connectivity index (χ0v) is 20.0. The van der Waals surface area contributed by atoms with Gasteiger partial charge in [0.25, 0.3) is 5.56 Å². The van der Waals surface area contributed by atoms with Crippen LogP contribution in [-0.4, -0.2) is 41.0 Å². The molecule has 4 rings (SSSR count). The number of nitrogens with one attached hydrogen (secondary N) is 1. The fraction of sp³-hybridized carbons (Fsp3) is 0.269. The maximum atomic E-state index is 13.2. The first-order valence-corrected chi connectivity index (χ1v) is 11.9. The number of fused-ring (bicyclic) bond motifs is 1. The Hall–Kier alpha value is -3.29. The Morgan fingerprint density at radius 2 is 1.82 bits per heavy atom. The number of aromatic nitrogens is 2. The molecule has 2 heterocycles. The van der Waals surface area contributed by atoms with Crippen LogP contribution in [0.15, 0.2) is 65.0 Å². The SMILES string of the molecule is Cc1ccc(-c2csc3ncn(CCC(=O)Nc4ccc(CCN(C)C)cc4)c(=O)c23)cc1. The Kier molecular flexibility index (Phi) is 7.01. The van der Waals surface area contributed by atoms with Gasteiger partial charge in [-0.25, -0.2) is 4.98 Å². The molecular weight excluding hydrogens is 432 g/mol. The second-order valence-electron chi connectivity index (χ2n) is 8.49. The third kappa shape index (κ3) is 5.56. The largest absolute Gasteiger partial charge is 0.326 e. The minimum atomic E-state index is -0.132. The number of hydrogen-bond donors (Lipinski definition) is 1. The Bertz CT molecular complexity index is 1310. The monoisotopic (exact) mass is 460 g/mol. The summed E-state index contributed by atoms with van der Waals surface area (Å²) in [4.78, 5) is 33.0. The Morgan fingerprint density at radius 3 is 2.52 bits per heavy atom. The molecule has 0 unspecified atom stereocenters. The van der Waals surface area contributed by atoms with Crippen molar-refractivity contribution in [1.82, 2.24) is 14.5 Å². The van der Waals surface area contributed by atoms with Gasteiger partial charge in [-0.1, -0.05) is 42.0 Å². The normalized spacial score (nSPS) is 11.3. The summed E-state index contributed by atoms with van der Waals surface area (Å²) >= 11 is 1.46. The molecule has 170 valence electrons. The van der Waals surface area contributed by atoms with Gasteiger partial charge in [-0.15, -0.1) is 11.3 Å². The molecule has 0 atom stereocenters. The van der Waals surface area contributed by atoms with Crippen LogP contribution in [0.5, 0.6) is 0 Å². The molecule has 6 nitrogen and oxygen atoms in total. The van der Waals surface area contributed by atoms with Gasteiger partial charge < -0.3 is 10.2 Å². The van der Waals surface area contributed by atoms with Gasteiger partial charge in [0.15, 0.2) is 0 Å². The van der Waals surface area contributed by atoms with Crippen molar-refractivity contribution in [2.45, 2.75) is 26.3 Å². The van der Waals surface area contributed by atoms with Crippen molar-refractivity contribution in [3.05, 3.63) is 81.7 Å². The highest BCUT2D eigenvalue weighted by molar-refractivity contribution is 7.17. The van der Waals surface area contributed by atoms with E-state index in [9.17, 15) is 9.59 Å². The van der Waals surface area contributed by atoms with Crippen LogP contribution in [0, 0.1) is 6.92 Å². The number of carbonyl (C=O) groups is 1. The summed E-state index contributed by atoms with van der Waals surface area (Å²) < 4.78 is 1.52. The molecule has 33 heavy (non-hydrogen) atoms. The molecule has 0 saturated carbocycles. The molecule has 0 fully saturated rings. The molecule has 4 aromatic rings. The van der Waals surface area contributed by atoms with E-state index in [2.05, 4.69) is 29.3 Å². The summed E-state index contributed by atoms with van der Waals surface area (Å²) in [6.07, 6.45) is 2.69. The van der Waals surface area contributed by atoms with Gasteiger partial charge in [-0.2, -0.15) is 0 Å². The number of benzene rings is 2. The quantitative estimate of drug-likeness (QED) is 0.418. The van der Waals surface area contributed by atoms with Gasteiger partial charge in [0.05, 0.1) is 11.7 Å². The predicted molar refractivity (Wildman–Crippen MR) is 136 cm³/mol. The van der Waals surface area contributed by atoms with Crippen molar-refractivity contribution >= 4 is 33.1 Å². The smallest absolute Gasteiger partial charge is 0.262 e. The number of nitrogens with zero attached hydrogens (tertiary/aromatic N) is 3. The highest BCUT2D eigenvalue weighted by Crippen LogP contribution is 2.30. The Labute approximate surface area is 197 Å². The van der Waals surface area contributed by atoms with E-state index in [1.165, 1.54) is 33.4 Å². The summed E-state index contributed by atoms with van der Waals surface area (Å²) in [5.41, 5.74) is 4.93. The average Bonchev–Trinajstić information content (AvgIpc) is 3.24. The highest BCUT2D eigenvalue weighted by Gasteiger charge is 2.14. The molecule has 1 amide bonds. The Balaban J connectivity index is 1.43. The minimum Gasteiger partial charge on any atom is -0.326 e. The number of anilines is 1. The predicted octanol–water partition coefficient (Wildman–Crippen LogP) is 4.57. The highest BCUT2D eigenvalue weighted by atomic mass is 32.1. The van der Waals surface area contributed by atoms with Crippen molar-refractivity contribution < 1.29 is 4.79 Å². The maximum absolute atomic E-state index is 13.2. The van der Waals surface area contributed by atoms with E-state index in [0.29, 0.717) is 10.2 Å². The van der Waals surface area contributed by atoms with E-state index < -0.39 is 0 Å². The molecule has 0 bridgehead atoms.